The van der Waals surface area contributed by atoms with Gasteiger partial charge in [0.05, 0.1) is 29.7 Å². The average Bonchev–Trinajstić information content (AvgIpc) is 3.38. The summed E-state index contributed by atoms with van der Waals surface area (Å²) in [6, 6.07) is 3.24. The van der Waals surface area contributed by atoms with Gasteiger partial charge >= 0.3 is 5.97 Å². The van der Waals surface area contributed by atoms with Crippen LogP contribution in [-0.4, -0.2) is 52.6 Å². The molecule has 1 heterocycles. The van der Waals surface area contributed by atoms with E-state index in [1.54, 1.807) is 4.90 Å². The van der Waals surface area contributed by atoms with E-state index in [-0.39, 0.29) is 23.1 Å². The van der Waals surface area contributed by atoms with Crippen LogP contribution in [0.15, 0.2) is 18.2 Å². The highest BCUT2D eigenvalue weighted by Gasteiger charge is 2.39. The molecule has 2 aliphatic rings. The van der Waals surface area contributed by atoms with Crippen molar-refractivity contribution in [1.82, 2.24) is 4.90 Å². The summed E-state index contributed by atoms with van der Waals surface area (Å²) in [5.41, 5.74) is -0.632. The number of hydrogen-bond donors (Lipinski definition) is 1. The van der Waals surface area contributed by atoms with Gasteiger partial charge < -0.3 is 14.7 Å². The van der Waals surface area contributed by atoms with Crippen molar-refractivity contribution in [2.45, 2.75) is 18.9 Å². The molecule has 3 rings (SSSR count). The van der Waals surface area contributed by atoms with E-state index < -0.39 is 16.6 Å². The van der Waals surface area contributed by atoms with Crippen LogP contribution < -0.4 is 0 Å². The summed E-state index contributed by atoms with van der Waals surface area (Å²) in [4.78, 5) is 35.8. The number of nitro benzene ring substituents is 1. The number of nitrogens with zero attached hydrogens (tertiary/aromatic N) is 2. The quantitative estimate of drug-likeness (QED) is 0.665. The lowest BCUT2D eigenvalue weighted by Crippen LogP contribution is -2.49. The van der Waals surface area contributed by atoms with Crippen molar-refractivity contribution < 1.29 is 24.4 Å². The van der Waals surface area contributed by atoms with Gasteiger partial charge in [0.15, 0.2) is 0 Å². The minimum atomic E-state index is -1.30. The number of aromatic carboxylic acids is 1. The summed E-state index contributed by atoms with van der Waals surface area (Å²) in [5, 5.41) is 20.1. The maximum Gasteiger partial charge on any atom is 0.335 e. The fourth-order valence-electron chi connectivity index (χ4n) is 2.88. The average molecular weight is 320 g/mol. The summed E-state index contributed by atoms with van der Waals surface area (Å²) in [7, 11) is 0. The van der Waals surface area contributed by atoms with E-state index >= 15 is 0 Å². The molecule has 23 heavy (non-hydrogen) atoms. The summed E-state index contributed by atoms with van der Waals surface area (Å²) in [6.45, 7) is 1.28. The lowest BCUT2D eigenvalue weighted by molar-refractivity contribution is -0.384. The van der Waals surface area contributed by atoms with E-state index in [1.165, 1.54) is 6.07 Å². The Balaban J connectivity index is 1.94. The topological polar surface area (TPSA) is 110 Å². The Labute approximate surface area is 131 Å². The number of hydrogen-bond acceptors (Lipinski definition) is 5. The van der Waals surface area contributed by atoms with Gasteiger partial charge in [-0.25, -0.2) is 4.79 Å². The number of carbonyl (C=O) groups excluding carboxylic acids is 1. The van der Waals surface area contributed by atoms with Gasteiger partial charge in [0.1, 0.15) is 0 Å². The van der Waals surface area contributed by atoms with Gasteiger partial charge in [-0.05, 0) is 24.8 Å². The van der Waals surface area contributed by atoms with Gasteiger partial charge in [-0.3, -0.25) is 14.9 Å². The highest BCUT2D eigenvalue weighted by molar-refractivity contribution is 5.98. The monoisotopic (exact) mass is 320 g/mol. The number of carbonyl (C=O) groups is 2. The molecule has 8 heteroatoms. The van der Waals surface area contributed by atoms with Crippen molar-refractivity contribution >= 4 is 17.6 Å². The van der Waals surface area contributed by atoms with Crippen LogP contribution in [0, 0.1) is 16.0 Å². The number of carboxylic acids is 1. The molecule has 1 unspecified atom stereocenters. The molecule has 122 valence electrons. The second kappa shape index (κ2) is 5.96. The van der Waals surface area contributed by atoms with Crippen LogP contribution in [-0.2, 0) is 4.74 Å². The number of amides is 1. The molecule has 0 radical (unpaired) electrons. The number of benzene rings is 1. The second-order valence-electron chi connectivity index (χ2n) is 5.81. The molecule has 1 saturated heterocycles. The Morgan fingerprint density at radius 3 is 2.57 bits per heavy atom. The Hall–Kier alpha value is -2.48. The minimum Gasteiger partial charge on any atom is -0.478 e. The first kappa shape index (κ1) is 15.4. The molecule has 0 spiro atoms. The summed E-state index contributed by atoms with van der Waals surface area (Å²) >= 11 is 0. The molecule has 1 aliphatic carbocycles. The first-order valence-corrected chi connectivity index (χ1v) is 7.39. The predicted octanol–water partition coefficient (Wildman–Crippen LogP) is 1.54. The summed E-state index contributed by atoms with van der Waals surface area (Å²) < 4.78 is 5.43. The highest BCUT2D eigenvalue weighted by Crippen LogP contribution is 2.37. The first-order chi connectivity index (χ1) is 11.0. The Morgan fingerprint density at radius 1 is 1.26 bits per heavy atom. The molecular weight excluding hydrogens is 304 g/mol. The normalized spacial score (nSPS) is 21.0. The molecule has 2 fully saturated rings. The molecular formula is C15H16N2O6. The van der Waals surface area contributed by atoms with Gasteiger partial charge in [-0.1, -0.05) is 0 Å². The molecule has 1 aromatic rings. The van der Waals surface area contributed by atoms with Crippen molar-refractivity contribution in [3.05, 3.63) is 39.4 Å². The van der Waals surface area contributed by atoms with E-state index in [0.29, 0.717) is 25.7 Å². The van der Waals surface area contributed by atoms with Crippen LogP contribution in [0.25, 0.3) is 0 Å². The third kappa shape index (κ3) is 3.16. The Bertz CT molecular complexity index is 638. The van der Waals surface area contributed by atoms with Crippen LogP contribution in [0.2, 0.25) is 0 Å². The van der Waals surface area contributed by atoms with Crippen LogP contribution in [0.5, 0.6) is 0 Å². The molecule has 0 bridgehead atoms. The van der Waals surface area contributed by atoms with E-state index in [4.69, 9.17) is 9.84 Å². The number of morpholine rings is 1. The number of non-ortho nitro benzene ring substituents is 1. The maximum atomic E-state index is 12.7. The molecule has 1 saturated carbocycles. The van der Waals surface area contributed by atoms with Gasteiger partial charge in [0.2, 0.25) is 0 Å². The Kier molecular flexibility index (Phi) is 3.99. The second-order valence-corrected chi connectivity index (χ2v) is 5.81. The highest BCUT2D eigenvalue weighted by atomic mass is 16.6. The molecule has 8 nitrogen and oxygen atoms in total. The van der Waals surface area contributed by atoms with Crippen molar-refractivity contribution in [3.63, 3.8) is 0 Å². The van der Waals surface area contributed by atoms with Crippen molar-refractivity contribution in [2.24, 2.45) is 5.92 Å². The fourth-order valence-corrected chi connectivity index (χ4v) is 2.88. The van der Waals surface area contributed by atoms with Gasteiger partial charge in [-0.2, -0.15) is 0 Å². The predicted molar refractivity (Wildman–Crippen MR) is 78.4 cm³/mol. The SMILES string of the molecule is O=C(O)c1cc(C(=O)N2CCOCC2C2CC2)cc([N+](=O)[O-])c1. The number of nitro groups is 1. The van der Waals surface area contributed by atoms with E-state index in [0.717, 1.165) is 25.0 Å². The zero-order valence-electron chi connectivity index (χ0n) is 12.3. The standard InChI is InChI=1S/C15H16N2O6/c18-14(16-3-4-23-8-13(16)9-1-2-9)10-5-11(15(19)20)7-12(6-10)17(21)22/h5-7,9,13H,1-4,8H2,(H,19,20). The molecule has 1 aromatic carbocycles. The number of ether oxygens (including phenoxy) is 1. The van der Waals surface area contributed by atoms with Gasteiger partial charge in [0.25, 0.3) is 11.6 Å². The Morgan fingerprint density at radius 2 is 1.96 bits per heavy atom. The van der Waals surface area contributed by atoms with Gasteiger partial charge in [0, 0.05) is 24.2 Å². The third-order valence-electron chi connectivity index (χ3n) is 4.21. The first-order valence-electron chi connectivity index (χ1n) is 7.39. The maximum absolute atomic E-state index is 12.7. The fraction of sp³-hybridized carbons (Fsp3) is 0.467. The van der Waals surface area contributed by atoms with E-state index in [1.807, 2.05) is 0 Å². The van der Waals surface area contributed by atoms with Crippen molar-refractivity contribution in [1.29, 1.82) is 0 Å². The lowest BCUT2D eigenvalue weighted by Gasteiger charge is -2.36. The molecule has 1 atom stereocenters. The lowest BCUT2D eigenvalue weighted by atomic mass is 10.0. The van der Waals surface area contributed by atoms with E-state index in [2.05, 4.69) is 0 Å². The largest absolute Gasteiger partial charge is 0.478 e. The van der Waals surface area contributed by atoms with Crippen LogP contribution in [0.4, 0.5) is 5.69 Å². The molecule has 1 amide bonds. The summed E-state index contributed by atoms with van der Waals surface area (Å²) in [6.07, 6.45) is 2.07. The van der Waals surface area contributed by atoms with Gasteiger partial charge in [-0.15, -0.1) is 0 Å². The van der Waals surface area contributed by atoms with Crippen LogP contribution in [0.1, 0.15) is 33.6 Å². The number of rotatable bonds is 4. The van der Waals surface area contributed by atoms with Crippen LogP contribution >= 0.6 is 0 Å². The van der Waals surface area contributed by atoms with E-state index in [9.17, 15) is 19.7 Å². The third-order valence-corrected chi connectivity index (χ3v) is 4.21. The van der Waals surface area contributed by atoms with Crippen molar-refractivity contribution in [2.75, 3.05) is 19.8 Å². The smallest absolute Gasteiger partial charge is 0.335 e. The molecule has 1 N–H and O–H groups in total. The minimum absolute atomic E-state index is 0.0316. The number of carboxylic acid groups (broad SMARTS) is 1. The zero-order valence-corrected chi connectivity index (χ0v) is 12.3. The summed E-state index contributed by atoms with van der Waals surface area (Å²) in [5.74, 6) is -1.28. The molecule has 1 aliphatic heterocycles. The van der Waals surface area contributed by atoms with Crippen molar-refractivity contribution in [3.8, 4) is 0 Å². The molecule has 0 aromatic heterocycles. The zero-order chi connectivity index (χ0) is 16.6. The van der Waals surface area contributed by atoms with Crippen LogP contribution in [0.3, 0.4) is 0 Å².